The maximum atomic E-state index is 12.8. The largest absolute Gasteiger partial charge is 0.460 e. The van der Waals surface area contributed by atoms with Gasteiger partial charge in [0, 0.05) is 5.39 Å². The van der Waals surface area contributed by atoms with E-state index >= 15 is 0 Å². The molecule has 1 aromatic heterocycles. The molecule has 0 saturated carbocycles. The Bertz CT molecular complexity index is 436. The van der Waals surface area contributed by atoms with Gasteiger partial charge in [-0.2, -0.15) is 0 Å². The van der Waals surface area contributed by atoms with Gasteiger partial charge >= 0.3 is 0 Å². The van der Waals surface area contributed by atoms with Crippen LogP contribution in [0.3, 0.4) is 0 Å². The summed E-state index contributed by atoms with van der Waals surface area (Å²) in [6, 6.07) is 6.40. The van der Waals surface area contributed by atoms with Crippen LogP contribution in [0.25, 0.3) is 11.0 Å². The number of benzene rings is 1. The van der Waals surface area contributed by atoms with Gasteiger partial charge in [0.1, 0.15) is 17.2 Å². The third-order valence-corrected chi connectivity index (χ3v) is 2.08. The summed E-state index contributed by atoms with van der Waals surface area (Å²) in [5.74, 6) is 0.612. The highest BCUT2D eigenvalue weighted by atomic mass is 19.1. The Morgan fingerprint density at radius 1 is 1.36 bits per heavy atom. The zero-order valence-corrected chi connectivity index (χ0v) is 8.01. The van der Waals surface area contributed by atoms with Crippen molar-refractivity contribution in [1.82, 2.24) is 5.32 Å². The lowest BCUT2D eigenvalue weighted by Crippen LogP contribution is -2.10. The van der Waals surface area contributed by atoms with Gasteiger partial charge in [-0.25, -0.2) is 4.39 Å². The molecule has 14 heavy (non-hydrogen) atoms. The molecule has 0 saturated heterocycles. The average molecular weight is 193 g/mol. The van der Waals surface area contributed by atoms with Gasteiger partial charge in [0.05, 0.1) is 6.54 Å². The molecule has 2 rings (SSSR count). The van der Waals surface area contributed by atoms with Crippen molar-refractivity contribution in [1.29, 1.82) is 0 Å². The fourth-order valence-corrected chi connectivity index (χ4v) is 1.40. The van der Waals surface area contributed by atoms with Crippen molar-refractivity contribution in [2.24, 2.45) is 0 Å². The highest BCUT2D eigenvalue weighted by molar-refractivity contribution is 5.77. The highest BCUT2D eigenvalue weighted by Gasteiger charge is 2.03. The van der Waals surface area contributed by atoms with E-state index in [0.29, 0.717) is 6.54 Å². The van der Waals surface area contributed by atoms with E-state index in [0.717, 1.165) is 23.3 Å². The first-order valence-corrected chi connectivity index (χ1v) is 4.68. The molecule has 1 aromatic carbocycles. The molecule has 0 aliphatic heterocycles. The molecular formula is C11H12FNO. The van der Waals surface area contributed by atoms with Crippen LogP contribution in [-0.2, 0) is 6.54 Å². The molecular weight excluding hydrogens is 181 g/mol. The van der Waals surface area contributed by atoms with Gasteiger partial charge in [-0.15, -0.1) is 0 Å². The molecule has 0 bridgehead atoms. The van der Waals surface area contributed by atoms with E-state index in [1.54, 1.807) is 6.07 Å². The molecule has 1 heterocycles. The molecule has 0 aliphatic carbocycles. The molecule has 2 aromatic rings. The van der Waals surface area contributed by atoms with Gasteiger partial charge in [-0.1, -0.05) is 6.92 Å². The Morgan fingerprint density at radius 3 is 3.00 bits per heavy atom. The summed E-state index contributed by atoms with van der Waals surface area (Å²) in [7, 11) is 0. The summed E-state index contributed by atoms with van der Waals surface area (Å²) in [6.07, 6.45) is 0. The lowest BCUT2D eigenvalue weighted by Gasteiger charge is -1.94. The van der Waals surface area contributed by atoms with E-state index < -0.39 is 0 Å². The normalized spacial score (nSPS) is 11.0. The van der Waals surface area contributed by atoms with E-state index in [1.807, 2.05) is 13.0 Å². The first-order chi connectivity index (χ1) is 6.79. The van der Waals surface area contributed by atoms with E-state index in [9.17, 15) is 4.39 Å². The minimum Gasteiger partial charge on any atom is -0.460 e. The maximum absolute atomic E-state index is 12.8. The first kappa shape index (κ1) is 9.21. The van der Waals surface area contributed by atoms with E-state index in [-0.39, 0.29) is 5.82 Å². The quantitative estimate of drug-likeness (QED) is 0.810. The standard InChI is InChI=1S/C11H12FNO/c1-2-13-7-10-6-8-5-9(12)3-4-11(8)14-10/h3-6,13H,2,7H2,1H3. The lowest BCUT2D eigenvalue weighted by atomic mass is 10.2. The van der Waals surface area contributed by atoms with Crippen molar-refractivity contribution in [3.05, 3.63) is 35.8 Å². The summed E-state index contributed by atoms with van der Waals surface area (Å²) < 4.78 is 18.3. The maximum Gasteiger partial charge on any atom is 0.134 e. The van der Waals surface area contributed by atoms with Crippen LogP contribution in [-0.4, -0.2) is 6.54 Å². The fraction of sp³-hybridized carbons (Fsp3) is 0.273. The number of furan rings is 1. The van der Waals surface area contributed by atoms with Gasteiger partial charge in [-0.3, -0.25) is 0 Å². The molecule has 0 aliphatic rings. The van der Waals surface area contributed by atoms with Gasteiger partial charge in [0.15, 0.2) is 0 Å². The SMILES string of the molecule is CCNCc1cc2cc(F)ccc2o1. The second-order valence-corrected chi connectivity index (χ2v) is 3.18. The van der Waals surface area contributed by atoms with E-state index in [2.05, 4.69) is 5.32 Å². The molecule has 74 valence electrons. The van der Waals surface area contributed by atoms with Crippen LogP contribution in [0, 0.1) is 5.82 Å². The molecule has 0 fully saturated rings. The van der Waals surface area contributed by atoms with Crippen molar-refractivity contribution >= 4 is 11.0 Å². The molecule has 0 spiro atoms. The van der Waals surface area contributed by atoms with Crippen LogP contribution in [0.4, 0.5) is 4.39 Å². The second-order valence-electron chi connectivity index (χ2n) is 3.18. The van der Waals surface area contributed by atoms with E-state index in [1.165, 1.54) is 12.1 Å². The van der Waals surface area contributed by atoms with Crippen LogP contribution in [0.2, 0.25) is 0 Å². The zero-order chi connectivity index (χ0) is 9.97. The summed E-state index contributed by atoms with van der Waals surface area (Å²) in [5, 5.41) is 3.97. The first-order valence-electron chi connectivity index (χ1n) is 4.68. The monoisotopic (exact) mass is 193 g/mol. The minimum atomic E-state index is -0.228. The Morgan fingerprint density at radius 2 is 2.21 bits per heavy atom. The molecule has 1 N–H and O–H groups in total. The van der Waals surface area contributed by atoms with Crippen molar-refractivity contribution in [3.8, 4) is 0 Å². The molecule has 2 nitrogen and oxygen atoms in total. The Labute approximate surface area is 81.7 Å². The molecule has 0 atom stereocenters. The van der Waals surface area contributed by atoms with Crippen LogP contribution in [0.5, 0.6) is 0 Å². The van der Waals surface area contributed by atoms with Crippen LogP contribution in [0.1, 0.15) is 12.7 Å². The summed E-state index contributed by atoms with van der Waals surface area (Å²) in [5.41, 5.74) is 0.735. The Hall–Kier alpha value is -1.35. The number of halogens is 1. The van der Waals surface area contributed by atoms with Crippen molar-refractivity contribution in [3.63, 3.8) is 0 Å². The van der Waals surface area contributed by atoms with Gasteiger partial charge in [-0.05, 0) is 30.8 Å². The lowest BCUT2D eigenvalue weighted by molar-refractivity contribution is 0.519. The van der Waals surface area contributed by atoms with Crippen molar-refractivity contribution in [2.45, 2.75) is 13.5 Å². The molecule has 0 amide bonds. The van der Waals surface area contributed by atoms with Gasteiger partial charge in [0.2, 0.25) is 0 Å². The highest BCUT2D eigenvalue weighted by Crippen LogP contribution is 2.19. The topological polar surface area (TPSA) is 25.2 Å². The van der Waals surface area contributed by atoms with Gasteiger partial charge in [0.25, 0.3) is 0 Å². The Balaban J connectivity index is 2.32. The smallest absolute Gasteiger partial charge is 0.134 e. The third-order valence-electron chi connectivity index (χ3n) is 2.08. The predicted octanol–water partition coefficient (Wildman–Crippen LogP) is 2.68. The Kier molecular flexibility index (Phi) is 2.50. The summed E-state index contributed by atoms with van der Waals surface area (Å²) in [6.45, 7) is 3.61. The zero-order valence-electron chi connectivity index (χ0n) is 8.01. The average Bonchev–Trinajstić information content (AvgIpc) is 2.56. The molecule has 0 radical (unpaired) electrons. The number of hydrogen-bond donors (Lipinski definition) is 1. The fourth-order valence-electron chi connectivity index (χ4n) is 1.40. The predicted molar refractivity (Wildman–Crippen MR) is 53.6 cm³/mol. The second kappa shape index (κ2) is 3.80. The van der Waals surface area contributed by atoms with Crippen LogP contribution < -0.4 is 5.32 Å². The molecule has 0 unspecified atom stereocenters. The number of hydrogen-bond acceptors (Lipinski definition) is 2. The van der Waals surface area contributed by atoms with Crippen molar-refractivity contribution in [2.75, 3.05) is 6.54 Å². The number of rotatable bonds is 3. The number of fused-ring (bicyclic) bond motifs is 1. The van der Waals surface area contributed by atoms with E-state index in [4.69, 9.17) is 4.42 Å². The number of nitrogens with one attached hydrogen (secondary N) is 1. The third kappa shape index (κ3) is 1.77. The van der Waals surface area contributed by atoms with Crippen molar-refractivity contribution < 1.29 is 8.81 Å². The molecule has 3 heteroatoms. The van der Waals surface area contributed by atoms with Gasteiger partial charge < -0.3 is 9.73 Å². The van der Waals surface area contributed by atoms with Crippen LogP contribution in [0.15, 0.2) is 28.7 Å². The van der Waals surface area contributed by atoms with Crippen LogP contribution >= 0.6 is 0 Å². The summed E-state index contributed by atoms with van der Waals surface area (Å²) >= 11 is 0. The minimum absolute atomic E-state index is 0.228. The summed E-state index contributed by atoms with van der Waals surface area (Å²) in [4.78, 5) is 0.